The van der Waals surface area contributed by atoms with Crippen molar-refractivity contribution in [2.45, 2.75) is 32.8 Å². The van der Waals surface area contributed by atoms with E-state index in [2.05, 4.69) is 39.5 Å². The molecule has 0 aliphatic carbocycles. The third kappa shape index (κ3) is 3.26. The number of aryl methyl sites for hydroxylation is 1. The summed E-state index contributed by atoms with van der Waals surface area (Å²) in [4.78, 5) is 8.64. The Morgan fingerprint density at radius 2 is 2.13 bits per heavy atom. The summed E-state index contributed by atoms with van der Waals surface area (Å²) in [6.45, 7) is 4.03. The predicted molar refractivity (Wildman–Crippen MR) is 69.2 cm³/mol. The van der Waals surface area contributed by atoms with Crippen LogP contribution in [0.25, 0.3) is 0 Å². The Hall–Kier alpha value is 0.0600. The lowest BCUT2D eigenvalue weighted by atomic mass is 10.2. The van der Waals surface area contributed by atoms with Crippen molar-refractivity contribution in [3.8, 4) is 0 Å². The zero-order valence-corrected chi connectivity index (χ0v) is 12.0. The normalized spacial score (nSPS) is 12.9. The molecule has 1 unspecified atom stereocenters. The molecule has 1 aromatic heterocycles. The highest BCUT2D eigenvalue weighted by molar-refractivity contribution is 14.1. The molecule has 0 N–H and O–H groups in total. The van der Waals surface area contributed by atoms with Crippen LogP contribution in [0.4, 0.5) is 0 Å². The van der Waals surface area contributed by atoms with Gasteiger partial charge in [-0.2, -0.15) is 0 Å². The standard InChI is InChI=1S/C10H14ClIN2O/c1-4-5-7(15-3)10-13-6(2)8(12)9(11)14-10/h7H,4-5H2,1-3H3. The van der Waals surface area contributed by atoms with E-state index in [0.717, 1.165) is 22.1 Å². The summed E-state index contributed by atoms with van der Waals surface area (Å²) in [5.41, 5.74) is 0.906. The number of aromatic nitrogens is 2. The van der Waals surface area contributed by atoms with Crippen molar-refractivity contribution < 1.29 is 4.74 Å². The van der Waals surface area contributed by atoms with Crippen molar-refractivity contribution in [1.82, 2.24) is 9.97 Å². The molecule has 3 nitrogen and oxygen atoms in total. The molecule has 1 atom stereocenters. The van der Waals surface area contributed by atoms with Crippen LogP contribution in [0.3, 0.4) is 0 Å². The van der Waals surface area contributed by atoms with Gasteiger partial charge in [-0.15, -0.1) is 0 Å². The van der Waals surface area contributed by atoms with Crippen molar-refractivity contribution in [1.29, 1.82) is 0 Å². The van der Waals surface area contributed by atoms with Crippen molar-refractivity contribution in [3.63, 3.8) is 0 Å². The fraction of sp³-hybridized carbons (Fsp3) is 0.600. The minimum absolute atomic E-state index is 0.0526. The molecule has 84 valence electrons. The molecule has 0 aliphatic heterocycles. The van der Waals surface area contributed by atoms with Gasteiger partial charge >= 0.3 is 0 Å². The zero-order chi connectivity index (χ0) is 11.4. The van der Waals surface area contributed by atoms with Gasteiger partial charge in [-0.3, -0.25) is 0 Å². The highest BCUT2D eigenvalue weighted by Crippen LogP contribution is 2.24. The Balaban J connectivity index is 3.03. The third-order valence-corrected chi connectivity index (χ3v) is 4.00. The molecule has 0 spiro atoms. The van der Waals surface area contributed by atoms with Gasteiger partial charge in [-0.05, 0) is 35.9 Å². The highest BCUT2D eigenvalue weighted by Gasteiger charge is 2.15. The Kier molecular flexibility index (Phi) is 5.22. The second kappa shape index (κ2) is 5.96. The lowest BCUT2D eigenvalue weighted by Crippen LogP contribution is -2.09. The molecule has 0 saturated carbocycles. The number of halogens is 2. The lowest BCUT2D eigenvalue weighted by Gasteiger charge is -2.14. The minimum atomic E-state index is -0.0526. The van der Waals surface area contributed by atoms with Crippen LogP contribution >= 0.6 is 34.2 Å². The number of nitrogens with zero attached hydrogens (tertiary/aromatic N) is 2. The molecule has 0 aromatic carbocycles. The van der Waals surface area contributed by atoms with Gasteiger partial charge in [0.25, 0.3) is 0 Å². The second-order valence-corrected chi connectivity index (χ2v) is 4.72. The van der Waals surface area contributed by atoms with E-state index in [0.29, 0.717) is 11.0 Å². The number of rotatable bonds is 4. The summed E-state index contributed by atoms with van der Waals surface area (Å²) < 4.78 is 6.25. The largest absolute Gasteiger partial charge is 0.373 e. The summed E-state index contributed by atoms with van der Waals surface area (Å²) in [6.07, 6.45) is 1.89. The average molecular weight is 341 g/mol. The van der Waals surface area contributed by atoms with Crippen LogP contribution in [0.15, 0.2) is 0 Å². The maximum Gasteiger partial charge on any atom is 0.159 e. The van der Waals surface area contributed by atoms with Gasteiger partial charge in [0.1, 0.15) is 11.3 Å². The van der Waals surface area contributed by atoms with Crippen LogP contribution in [0.1, 0.15) is 37.4 Å². The van der Waals surface area contributed by atoms with E-state index in [1.807, 2.05) is 6.92 Å². The fourth-order valence-corrected chi connectivity index (χ4v) is 1.77. The molecule has 0 saturated heterocycles. The number of methoxy groups -OCH3 is 1. The molecular formula is C10H14ClIN2O. The smallest absolute Gasteiger partial charge is 0.159 e. The molecule has 0 radical (unpaired) electrons. The molecule has 0 fully saturated rings. The predicted octanol–water partition coefficient (Wildman–Crippen LogP) is 3.53. The molecule has 0 amide bonds. The molecule has 1 aromatic rings. The van der Waals surface area contributed by atoms with Gasteiger partial charge in [0, 0.05) is 7.11 Å². The van der Waals surface area contributed by atoms with Crippen LogP contribution in [0, 0.1) is 10.5 Å². The maximum atomic E-state index is 6.01. The minimum Gasteiger partial charge on any atom is -0.373 e. The Morgan fingerprint density at radius 1 is 1.47 bits per heavy atom. The summed E-state index contributed by atoms with van der Waals surface area (Å²) in [6, 6.07) is 0. The van der Waals surface area contributed by atoms with Gasteiger partial charge in [0.15, 0.2) is 5.82 Å². The highest BCUT2D eigenvalue weighted by atomic mass is 127. The fourth-order valence-electron chi connectivity index (χ4n) is 1.30. The maximum absolute atomic E-state index is 6.01. The molecule has 0 aliphatic rings. The number of hydrogen-bond donors (Lipinski definition) is 0. The van der Waals surface area contributed by atoms with E-state index < -0.39 is 0 Å². The quantitative estimate of drug-likeness (QED) is 0.621. The molecule has 0 bridgehead atoms. The second-order valence-electron chi connectivity index (χ2n) is 3.29. The summed E-state index contributed by atoms with van der Waals surface area (Å²) in [7, 11) is 1.67. The van der Waals surface area contributed by atoms with Crippen molar-refractivity contribution in [2.75, 3.05) is 7.11 Å². The van der Waals surface area contributed by atoms with E-state index in [9.17, 15) is 0 Å². The van der Waals surface area contributed by atoms with Crippen LogP contribution in [-0.2, 0) is 4.74 Å². The van der Waals surface area contributed by atoms with Crippen molar-refractivity contribution >= 4 is 34.2 Å². The summed E-state index contributed by atoms with van der Waals surface area (Å²) in [5, 5.41) is 0.510. The van der Waals surface area contributed by atoms with Gasteiger partial charge in [-0.1, -0.05) is 24.9 Å². The third-order valence-electron chi connectivity index (χ3n) is 2.12. The zero-order valence-electron chi connectivity index (χ0n) is 9.05. The first-order chi connectivity index (χ1) is 7.10. The topological polar surface area (TPSA) is 35.0 Å². The van der Waals surface area contributed by atoms with Crippen LogP contribution in [0.2, 0.25) is 5.15 Å². The SMILES string of the molecule is CCCC(OC)c1nc(C)c(I)c(Cl)n1. The Labute approximate surface area is 109 Å². The van der Waals surface area contributed by atoms with Crippen LogP contribution < -0.4 is 0 Å². The van der Waals surface area contributed by atoms with Gasteiger partial charge in [-0.25, -0.2) is 9.97 Å². The summed E-state index contributed by atoms with van der Waals surface area (Å²) in [5.74, 6) is 0.683. The Bertz CT molecular complexity index is 323. The van der Waals surface area contributed by atoms with E-state index >= 15 is 0 Å². The summed E-state index contributed by atoms with van der Waals surface area (Å²) >= 11 is 8.15. The number of hydrogen-bond acceptors (Lipinski definition) is 3. The molecule has 1 rings (SSSR count). The molecule has 1 heterocycles. The van der Waals surface area contributed by atoms with Gasteiger partial charge < -0.3 is 4.74 Å². The average Bonchev–Trinajstić information content (AvgIpc) is 2.22. The first-order valence-corrected chi connectivity index (χ1v) is 6.28. The van der Waals surface area contributed by atoms with Crippen LogP contribution in [0.5, 0.6) is 0 Å². The molecule has 5 heteroatoms. The first kappa shape index (κ1) is 13.1. The van der Waals surface area contributed by atoms with E-state index in [-0.39, 0.29) is 6.10 Å². The van der Waals surface area contributed by atoms with Crippen molar-refractivity contribution in [2.24, 2.45) is 0 Å². The number of ether oxygens (including phenoxy) is 1. The van der Waals surface area contributed by atoms with Crippen molar-refractivity contribution in [3.05, 3.63) is 20.2 Å². The molecular weight excluding hydrogens is 326 g/mol. The Morgan fingerprint density at radius 3 is 2.60 bits per heavy atom. The molecule has 15 heavy (non-hydrogen) atoms. The van der Waals surface area contributed by atoms with E-state index in [1.54, 1.807) is 7.11 Å². The lowest BCUT2D eigenvalue weighted by molar-refractivity contribution is 0.0874. The van der Waals surface area contributed by atoms with Gasteiger partial charge in [0.05, 0.1) is 9.26 Å². The van der Waals surface area contributed by atoms with E-state index in [1.165, 1.54) is 0 Å². The van der Waals surface area contributed by atoms with Gasteiger partial charge in [0.2, 0.25) is 0 Å². The monoisotopic (exact) mass is 340 g/mol. The first-order valence-electron chi connectivity index (χ1n) is 4.82. The van der Waals surface area contributed by atoms with Crippen LogP contribution in [-0.4, -0.2) is 17.1 Å². The van der Waals surface area contributed by atoms with E-state index in [4.69, 9.17) is 16.3 Å².